The summed E-state index contributed by atoms with van der Waals surface area (Å²) in [7, 11) is 0. The molecule has 0 saturated carbocycles. The number of aryl methyl sites for hydroxylation is 1. The van der Waals surface area contributed by atoms with Crippen molar-refractivity contribution in [3.05, 3.63) is 158 Å². The molecule has 0 aromatic heterocycles. The molecule has 292 valence electrons. The molecule has 7 rings (SSSR count). The summed E-state index contributed by atoms with van der Waals surface area (Å²) in [6.45, 7) is 1.26. The number of esters is 3. The molecule has 0 radical (unpaired) electrons. The van der Waals surface area contributed by atoms with E-state index in [4.69, 9.17) is 18.9 Å². The zero-order valence-electron chi connectivity index (χ0n) is 29.7. The summed E-state index contributed by atoms with van der Waals surface area (Å²) in [5.41, 5.74) is -1.11. The van der Waals surface area contributed by atoms with E-state index in [1.165, 1.54) is 41.3 Å². The van der Waals surface area contributed by atoms with Crippen LogP contribution in [-0.4, -0.2) is 54.0 Å². The van der Waals surface area contributed by atoms with Crippen molar-refractivity contribution in [2.75, 3.05) is 11.5 Å². The van der Waals surface area contributed by atoms with Crippen LogP contribution in [0.5, 0.6) is 0 Å². The Morgan fingerprint density at radius 3 is 1.84 bits per heavy atom. The van der Waals surface area contributed by atoms with Crippen LogP contribution in [0, 0.1) is 10.1 Å². The first-order valence-electron chi connectivity index (χ1n) is 17.4. The number of nitrogens with zero attached hydrogens (tertiary/aromatic N) is 2. The summed E-state index contributed by atoms with van der Waals surface area (Å²) >= 11 is 4.36. The van der Waals surface area contributed by atoms with Gasteiger partial charge in [-0.25, -0.2) is 14.4 Å². The van der Waals surface area contributed by atoms with Crippen molar-refractivity contribution in [3.8, 4) is 0 Å². The predicted octanol–water partition coefficient (Wildman–Crippen LogP) is 9.57. The van der Waals surface area contributed by atoms with E-state index in [1.54, 1.807) is 66.7 Å². The molecule has 5 aromatic rings. The largest absolute Gasteiger partial charge is 0.459 e. The first kappa shape index (κ1) is 39.5. The molecule has 1 saturated heterocycles. The smallest absolute Gasteiger partial charge is 0.416 e. The summed E-state index contributed by atoms with van der Waals surface area (Å²) in [5, 5.41) is 12.8. The third kappa shape index (κ3) is 8.24. The van der Waals surface area contributed by atoms with Gasteiger partial charge in [0, 0.05) is 20.3 Å². The zero-order valence-corrected chi connectivity index (χ0v) is 32.1. The van der Waals surface area contributed by atoms with Gasteiger partial charge in [0.2, 0.25) is 0 Å². The van der Waals surface area contributed by atoms with Crippen LogP contribution in [0.15, 0.2) is 130 Å². The van der Waals surface area contributed by atoms with Gasteiger partial charge in [0.25, 0.3) is 5.69 Å². The van der Waals surface area contributed by atoms with Gasteiger partial charge in [-0.3, -0.25) is 10.1 Å². The number of nitro groups is 1. The van der Waals surface area contributed by atoms with Crippen molar-refractivity contribution in [2.45, 2.75) is 53.9 Å². The monoisotopic (exact) mass is 862 g/mol. The second-order valence-corrected chi connectivity index (χ2v) is 14.8. The van der Waals surface area contributed by atoms with Gasteiger partial charge in [-0.1, -0.05) is 89.2 Å². The minimum absolute atomic E-state index is 0.0947. The standard InChI is InChI=1S/C41H30BrF3N2O9S/c1-2-23-18-28(42)21-32-33(23)46(34-29(47(51)52)19-27(41(43,44)45)20-31(34)57-32)37-36(56-40(50)26-16-10-5-11-17-26)35(55-39(49)25-14-8-4-9-15-25)30(54-37)22-53-38(48)24-12-6-3-7-13-24/h3-21,30,35-37H,2,22H2,1H3/t30-,35-,36-,37-/m1/s1. The van der Waals surface area contributed by atoms with Crippen LogP contribution in [0.2, 0.25) is 0 Å². The topological polar surface area (TPSA) is 135 Å². The molecule has 4 atom stereocenters. The van der Waals surface area contributed by atoms with Crippen molar-refractivity contribution < 1.29 is 51.4 Å². The molecule has 0 N–H and O–H groups in total. The van der Waals surface area contributed by atoms with Gasteiger partial charge in [-0.05, 0) is 66.6 Å². The Morgan fingerprint density at radius 1 is 0.789 bits per heavy atom. The molecular weight excluding hydrogens is 833 g/mol. The second-order valence-electron chi connectivity index (χ2n) is 12.8. The number of anilines is 2. The summed E-state index contributed by atoms with van der Waals surface area (Å²) in [6.07, 6.45) is -10.7. The fourth-order valence-electron chi connectivity index (χ4n) is 6.61. The number of hydrogen-bond acceptors (Lipinski definition) is 11. The Bertz CT molecular complexity index is 2340. The normalized spacial score (nSPS) is 18.6. The average Bonchev–Trinajstić information content (AvgIpc) is 3.53. The van der Waals surface area contributed by atoms with Gasteiger partial charge < -0.3 is 23.8 Å². The average molecular weight is 864 g/mol. The van der Waals surface area contributed by atoms with Crippen LogP contribution in [-0.2, 0) is 31.5 Å². The first-order valence-corrected chi connectivity index (χ1v) is 19.0. The fourth-order valence-corrected chi connectivity index (χ4v) is 8.51. The molecule has 0 amide bonds. The van der Waals surface area contributed by atoms with E-state index >= 15 is 0 Å². The third-order valence-electron chi connectivity index (χ3n) is 9.21. The highest BCUT2D eigenvalue weighted by molar-refractivity contribution is 9.10. The van der Waals surface area contributed by atoms with Crippen molar-refractivity contribution >= 4 is 62.7 Å². The predicted molar refractivity (Wildman–Crippen MR) is 205 cm³/mol. The molecule has 2 aliphatic rings. The summed E-state index contributed by atoms with van der Waals surface area (Å²) in [4.78, 5) is 54.3. The van der Waals surface area contributed by atoms with E-state index in [9.17, 15) is 37.7 Å². The van der Waals surface area contributed by atoms with Crippen LogP contribution < -0.4 is 4.90 Å². The zero-order chi connectivity index (χ0) is 40.4. The van der Waals surface area contributed by atoms with E-state index in [2.05, 4.69) is 15.9 Å². The minimum atomic E-state index is -4.95. The number of ether oxygens (including phenoxy) is 4. The van der Waals surface area contributed by atoms with Crippen molar-refractivity contribution in [1.29, 1.82) is 0 Å². The molecule has 16 heteroatoms. The summed E-state index contributed by atoms with van der Waals surface area (Å²) < 4.78 is 67.8. The second kappa shape index (κ2) is 16.4. The van der Waals surface area contributed by atoms with Crippen LogP contribution in [0.1, 0.15) is 49.1 Å². The van der Waals surface area contributed by atoms with Crippen LogP contribution >= 0.6 is 27.7 Å². The highest BCUT2D eigenvalue weighted by Crippen LogP contribution is 2.57. The van der Waals surface area contributed by atoms with Crippen LogP contribution in [0.3, 0.4) is 0 Å². The molecule has 11 nitrogen and oxygen atoms in total. The number of carbonyl (C=O) groups is 3. The highest BCUT2D eigenvalue weighted by Gasteiger charge is 2.55. The molecule has 2 aliphatic heterocycles. The van der Waals surface area contributed by atoms with Gasteiger partial charge in [0.05, 0.1) is 32.9 Å². The summed E-state index contributed by atoms with van der Waals surface area (Å²) in [5.74, 6) is -2.51. The lowest BCUT2D eigenvalue weighted by molar-refractivity contribution is -0.384. The Hall–Kier alpha value is -5.71. The van der Waals surface area contributed by atoms with E-state index in [1.807, 2.05) is 6.92 Å². The molecule has 1 fully saturated rings. The number of rotatable bonds is 10. The maximum atomic E-state index is 14.3. The Kier molecular flexibility index (Phi) is 11.4. The molecule has 0 unspecified atom stereocenters. The Balaban J connectivity index is 1.42. The lowest BCUT2D eigenvalue weighted by Gasteiger charge is -2.39. The van der Waals surface area contributed by atoms with Gasteiger partial charge in [0.15, 0.2) is 18.4 Å². The quantitative estimate of drug-likeness (QED) is 0.0575. The minimum Gasteiger partial charge on any atom is -0.459 e. The maximum Gasteiger partial charge on any atom is 0.416 e. The molecular formula is C41H30BrF3N2O9S. The van der Waals surface area contributed by atoms with Crippen molar-refractivity contribution in [3.63, 3.8) is 0 Å². The number of carbonyl (C=O) groups excluding carboxylic acids is 3. The molecule has 0 bridgehead atoms. The molecule has 2 heterocycles. The van der Waals surface area contributed by atoms with E-state index in [0.29, 0.717) is 33.1 Å². The highest BCUT2D eigenvalue weighted by atomic mass is 79.9. The lowest BCUT2D eigenvalue weighted by atomic mass is 10.0. The van der Waals surface area contributed by atoms with Gasteiger partial charge >= 0.3 is 24.1 Å². The van der Waals surface area contributed by atoms with Gasteiger partial charge in [-0.15, -0.1) is 0 Å². The third-order valence-corrected chi connectivity index (χ3v) is 10.7. The number of alkyl halides is 3. The number of fused-ring (bicyclic) bond motifs is 2. The summed E-state index contributed by atoms with van der Waals surface area (Å²) in [6, 6.07) is 28.4. The molecule has 5 aromatic carbocycles. The number of benzene rings is 5. The van der Waals surface area contributed by atoms with E-state index in [0.717, 1.165) is 17.8 Å². The van der Waals surface area contributed by atoms with Crippen LogP contribution in [0.25, 0.3) is 0 Å². The van der Waals surface area contributed by atoms with Crippen LogP contribution in [0.4, 0.5) is 30.2 Å². The van der Waals surface area contributed by atoms with E-state index < -0.39 is 71.4 Å². The SMILES string of the molecule is CCc1cc(Br)cc2c1N([C@@H]1O[C@H](COC(=O)c3ccccc3)[C@@H](OC(=O)c3ccccc3)[C@H]1OC(=O)c1ccccc1)c1c(cc(C(F)(F)F)cc1[N+](=O)[O-])S2. The molecule has 57 heavy (non-hydrogen) atoms. The molecule has 0 spiro atoms. The molecule has 0 aliphatic carbocycles. The Morgan fingerprint density at radius 2 is 1.32 bits per heavy atom. The van der Waals surface area contributed by atoms with Gasteiger partial charge in [-0.2, -0.15) is 13.2 Å². The van der Waals surface area contributed by atoms with Crippen molar-refractivity contribution in [1.82, 2.24) is 0 Å². The number of hydrogen-bond donors (Lipinski definition) is 0. The maximum absolute atomic E-state index is 14.3. The number of halogens is 4. The van der Waals surface area contributed by atoms with Gasteiger partial charge in [0.1, 0.15) is 18.4 Å². The van der Waals surface area contributed by atoms with Crippen molar-refractivity contribution in [2.24, 2.45) is 0 Å². The lowest BCUT2D eigenvalue weighted by Crippen LogP contribution is -2.47. The number of nitro benzene ring substituents is 1. The van der Waals surface area contributed by atoms with E-state index in [-0.39, 0.29) is 27.3 Å². The fraction of sp³-hybridized carbons (Fsp3) is 0.195. The Labute approximate surface area is 336 Å². The first-order chi connectivity index (χ1) is 27.3.